The average Bonchev–Trinajstić information content (AvgIpc) is 3.31. The van der Waals surface area contributed by atoms with E-state index < -0.39 is 0 Å². The van der Waals surface area contributed by atoms with E-state index in [1.165, 1.54) is 0 Å². The Morgan fingerprint density at radius 3 is 2.27 bits per heavy atom. The Labute approximate surface area is 243 Å². The van der Waals surface area contributed by atoms with E-state index in [2.05, 4.69) is 41.0 Å². The summed E-state index contributed by atoms with van der Waals surface area (Å²) in [5.41, 5.74) is 3.34. The molecule has 0 aliphatic carbocycles. The number of aromatic hydroxyl groups is 1. The molecule has 0 aliphatic rings. The van der Waals surface area contributed by atoms with Gasteiger partial charge in [-0.3, -0.25) is 0 Å². The minimum Gasteiger partial charge on any atom is -0.506 e. The second-order valence-electron chi connectivity index (χ2n) is 9.54. The molecular formula is C34H20N3O2Pt-. The summed E-state index contributed by atoms with van der Waals surface area (Å²) in [5.74, 6) is 1.87. The van der Waals surface area contributed by atoms with Crippen LogP contribution >= 0.6 is 0 Å². The summed E-state index contributed by atoms with van der Waals surface area (Å²) in [4.78, 5) is 9.70. The minimum absolute atomic E-state index is 0. The number of benzene rings is 5. The van der Waals surface area contributed by atoms with E-state index in [1.54, 1.807) is 6.07 Å². The van der Waals surface area contributed by atoms with Gasteiger partial charge < -0.3 is 14.4 Å². The van der Waals surface area contributed by atoms with Gasteiger partial charge in [0.05, 0.1) is 5.52 Å². The largest absolute Gasteiger partial charge is 0.506 e. The van der Waals surface area contributed by atoms with Crippen LogP contribution in [0.2, 0.25) is 0 Å². The van der Waals surface area contributed by atoms with Crippen molar-refractivity contribution in [1.29, 1.82) is 0 Å². The van der Waals surface area contributed by atoms with Crippen molar-refractivity contribution in [3.63, 3.8) is 0 Å². The number of hydrogen-bond acceptors (Lipinski definition) is 4. The Hall–Kier alpha value is -4.73. The molecule has 0 bridgehead atoms. The van der Waals surface area contributed by atoms with E-state index in [-0.39, 0.29) is 26.8 Å². The van der Waals surface area contributed by atoms with Crippen molar-refractivity contribution in [1.82, 2.24) is 14.5 Å². The van der Waals surface area contributed by atoms with Crippen LogP contribution in [0.25, 0.3) is 60.2 Å². The first-order valence-corrected chi connectivity index (χ1v) is 12.7. The van der Waals surface area contributed by atoms with Crippen LogP contribution < -0.4 is 4.74 Å². The number of aromatic nitrogens is 3. The van der Waals surface area contributed by atoms with Crippen molar-refractivity contribution >= 4 is 54.4 Å². The van der Waals surface area contributed by atoms with Gasteiger partial charge in [-0.2, -0.15) is 6.07 Å². The van der Waals surface area contributed by atoms with Crippen LogP contribution in [0.15, 0.2) is 115 Å². The molecule has 0 amide bonds. The summed E-state index contributed by atoms with van der Waals surface area (Å²) < 4.78 is 8.54. The van der Waals surface area contributed by atoms with E-state index in [0.29, 0.717) is 17.1 Å². The topological polar surface area (TPSA) is 60.2 Å². The van der Waals surface area contributed by atoms with Crippen molar-refractivity contribution in [3.8, 4) is 23.2 Å². The maximum Gasteiger partial charge on any atom is 0.225 e. The molecule has 0 radical (unpaired) electrons. The van der Waals surface area contributed by atoms with Crippen molar-refractivity contribution in [2.75, 3.05) is 0 Å². The molecule has 0 aliphatic heterocycles. The Bertz CT molecular complexity index is 2240. The van der Waals surface area contributed by atoms with Crippen LogP contribution in [0, 0.1) is 6.07 Å². The van der Waals surface area contributed by atoms with Crippen LogP contribution in [-0.2, 0) is 21.1 Å². The zero-order valence-corrected chi connectivity index (χ0v) is 23.3. The molecule has 6 heteroatoms. The molecule has 8 aromatic rings. The molecule has 0 spiro atoms. The maximum absolute atomic E-state index is 10.5. The molecule has 3 aromatic heterocycles. The first kappa shape index (κ1) is 24.3. The molecule has 3 heterocycles. The molecule has 194 valence electrons. The van der Waals surface area contributed by atoms with Gasteiger partial charge >= 0.3 is 0 Å². The molecule has 0 saturated heterocycles. The van der Waals surface area contributed by atoms with Gasteiger partial charge in [-0.25, -0.2) is 9.97 Å². The number of phenols is 1. The van der Waals surface area contributed by atoms with Crippen LogP contribution in [0.3, 0.4) is 0 Å². The Balaban J connectivity index is 0.00000264. The first-order valence-electron chi connectivity index (χ1n) is 12.7. The second kappa shape index (κ2) is 9.48. The second-order valence-corrected chi connectivity index (χ2v) is 9.54. The number of ether oxygens (including phenoxy) is 1. The normalized spacial score (nSPS) is 11.4. The van der Waals surface area contributed by atoms with Crippen LogP contribution in [-0.4, -0.2) is 19.6 Å². The molecule has 0 saturated carbocycles. The summed E-state index contributed by atoms with van der Waals surface area (Å²) in [7, 11) is 0. The van der Waals surface area contributed by atoms with E-state index >= 15 is 0 Å². The Morgan fingerprint density at radius 2 is 1.38 bits per heavy atom. The Kier molecular flexibility index (Phi) is 5.76. The number of para-hydroxylation sites is 3. The zero-order valence-electron chi connectivity index (χ0n) is 21.0. The third-order valence-corrected chi connectivity index (χ3v) is 7.25. The quantitative estimate of drug-likeness (QED) is 0.149. The fraction of sp³-hybridized carbons (Fsp3) is 0. The maximum atomic E-state index is 10.5. The molecule has 0 atom stereocenters. The third-order valence-electron chi connectivity index (χ3n) is 7.25. The minimum atomic E-state index is 0. The molecule has 8 rings (SSSR count). The number of hydrogen-bond donors (Lipinski definition) is 1. The van der Waals surface area contributed by atoms with Crippen molar-refractivity contribution in [2.45, 2.75) is 0 Å². The number of rotatable bonds is 3. The van der Waals surface area contributed by atoms with E-state index in [9.17, 15) is 5.11 Å². The number of pyridine rings is 2. The first-order chi connectivity index (χ1) is 19.2. The monoisotopic (exact) mass is 697 g/mol. The summed E-state index contributed by atoms with van der Waals surface area (Å²) in [6.45, 7) is 0. The fourth-order valence-corrected chi connectivity index (χ4v) is 5.47. The van der Waals surface area contributed by atoms with Gasteiger partial charge in [-0.05, 0) is 47.2 Å². The molecule has 1 N–H and O–H groups in total. The summed E-state index contributed by atoms with van der Waals surface area (Å²) in [6, 6.07) is 41.4. The van der Waals surface area contributed by atoms with Crippen LogP contribution in [0.4, 0.5) is 0 Å². The molecular weight excluding hydrogens is 677 g/mol. The van der Waals surface area contributed by atoms with Gasteiger partial charge in [0.1, 0.15) is 17.1 Å². The van der Waals surface area contributed by atoms with Crippen molar-refractivity contribution in [3.05, 3.63) is 121 Å². The van der Waals surface area contributed by atoms with E-state index in [4.69, 9.17) is 14.7 Å². The molecule has 40 heavy (non-hydrogen) atoms. The fourth-order valence-electron chi connectivity index (χ4n) is 5.47. The summed E-state index contributed by atoms with van der Waals surface area (Å²) >= 11 is 0. The molecule has 5 aromatic carbocycles. The van der Waals surface area contributed by atoms with Crippen molar-refractivity contribution in [2.24, 2.45) is 0 Å². The van der Waals surface area contributed by atoms with E-state index in [0.717, 1.165) is 54.7 Å². The standard InChI is InChI=1S/C34H20N3O2.Pt/c38-31-15-7-12-26-23-9-2-3-11-27(23)34(36-33(26)31)39-22-17-18-25-24-10-4-6-14-29(24)37(30(25)20-22)32-19-16-21-8-1-5-13-28(21)35-32;/h1-19,38H;/q-1;. The van der Waals surface area contributed by atoms with Crippen molar-refractivity contribution < 1.29 is 30.9 Å². The smallest absolute Gasteiger partial charge is 0.225 e. The van der Waals surface area contributed by atoms with E-state index in [1.807, 2.05) is 78.9 Å². The molecule has 0 fully saturated rings. The van der Waals surface area contributed by atoms with Gasteiger partial charge in [-0.1, -0.05) is 72.2 Å². The Morgan fingerprint density at radius 1 is 0.625 bits per heavy atom. The summed E-state index contributed by atoms with van der Waals surface area (Å²) in [6.07, 6.45) is 0. The SMILES string of the molecule is Oc1cccc2c1nc(Oc1[c-]c3c(cc1)c1ccccc1n3-c1ccc3ccccc3n1)c1ccccc12.[Pt]. The van der Waals surface area contributed by atoms with Crippen LogP contribution in [0.1, 0.15) is 0 Å². The van der Waals surface area contributed by atoms with Gasteiger partial charge in [0.25, 0.3) is 0 Å². The van der Waals surface area contributed by atoms with Gasteiger partial charge in [0, 0.05) is 48.5 Å². The molecule has 0 unspecified atom stereocenters. The van der Waals surface area contributed by atoms with Gasteiger partial charge in [0.2, 0.25) is 5.88 Å². The van der Waals surface area contributed by atoms with Gasteiger partial charge in [0.15, 0.2) is 0 Å². The predicted molar refractivity (Wildman–Crippen MR) is 156 cm³/mol. The number of fused-ring (bicyclic) bond motifs is 7. The average molecular weight is 698 g/mol. The van der Waals surface area contributed by atoms with Crippen LogP contribution in [0.5, 0.6) is 17.4 Å². The van der Waals surface area contributed by atoms with Gasteiger partial charge in [-0.15, -0.1) is 17.5 Å². The third kappa shape index (κ3) is 3.74. The predicted octanol–water partition coefficient (Wildman–Crippen LogP) is 8.33. The number of phenolic OH excluding ortho intramolecular Hbond substituents is 1. The number of nitrogens with zero attached hydrogens (tertiary/aromatic N) is 3. The summed E-state index contributed by atoms with van der Waals surface area (Å²) in [5, 5.41) is 16.5. The zero-order chi connectivity index (χ0) is 25.9. The molecule has 5 nitrogen and oxygen atoms in total.